The van der Waals surface area contributed by atoms with Gasteiger partial charge in [-0.25, -0.2) is 4.39 Å². The minimum absolute atomic E-state index is 0.244. The molecule has 3 rings (SSSR count). The molecule has 1 aliphatic rings. The molecule has 2 aromatic carbocycles. The van der Waals surface area contributed by atoms with E-state index in [1.807, 2.05) is 6.07 Å². The Labute approximate surface area is 152 Å². The fourth-order valence-electron chi connectivity index (χ4n) is 3.32. The summed E-state index contributed by atoms with van der Waals surface area (Å²) < 4.78 is 13.9. The number of aliphatic hydroxyl groups is 1. The quantitative estimate of drug-likeness (QED) is 0.664. The molecule has 0 aliphatic carbocycles. The zero-order valence-electron chi connectivity index (χ0n) is 14.9. The van der Waals surface area contributed by atoms with Crippen LogP contribution in [0, 0.1) is 5.82 Å². The normalized spacial score (nSPS) is 17.1. The molecule has 6 heteroatoms. The fraction of sp³-hybridized carbons (Fsp3) is 0.350. The lowest BCUT2D eigenvalue weighted by molar-refractivity contribution is 0.0939. The van der Waals surface area contributed by atoms with E-state index in [0.29, 0.717) is 11.1 Å². The minimum atomic E-state index is -0.678. The molecular weight excluding hydrogens is 333 g/mol. The van der Waals surface area contributed by atoms with Crippen molar-refractivity contribution in [2.24, 2.45) is 0 Å². The number of hydrogen-bond acceptors (Lipinski definition) is 4. The van der Waals surface area contributed by atoms with Gasteiger partial charge in [0.2, 0.25) is 0 Å². The van der Waals surface area contributed by atoms with E-state index in [9.17, 15) is 14.3 Å². The van der Waals surface area contributed by atoms with E-state index in [2.05, 4.69) is 16.2 Å². The van der Waals surface area contributed by atoms with Crippen LogP contribution in [0.3, 0.4) is 0 Å². The molecule has 0 radical (unpaired) electrons. The summed E-state index contributed by atoms with van der Waals surface area (Å²) in [6.07, 6.45) is -0.678. The number of nitrogens with one attached hydrogen (secondary N) is 3. The third-order valence-electron chi connectivity index (χ3n) is 4.78. The zero-order chi connectivity index (χ0) is 18.7. The fourth-order valence-corrected chi connectivity index (χ4v) is 3.32. The van der Waals surface area contributed by atoms with Crippen LogP contribution in [0.1, 0.15) is 59.0 Å². The van der Waals surface area contributed by atoms with Crippen molar-refractivity contribution < 1.29 is 14.3 Å². The number of hydrogen-bond donors (Lipinski definition) is 4. The third-order valence-corrected chi connectivity index (χ3v) is 4.78. The smallest absolute Gasteiger partial charge is 0.251 e. The van der Waals surface area contributed by atoms with E-state index in [4.69, 9.17) is 0 Å². The predicted molar refractivity (Wildman–Crippen MR) is 98.1 cm³/mol. The van der Waals surface area contributed by atoms with Gasteiger partial charge in [-0.3, -0.25) is 15.6 Å². The molecule has 1 aliphatic heterocycles. The average molecular weight is 357 g/mol. The molecule has 0 bridgehead atoms. The Morgan fingerprint density at radius 1 is 1.15 bits per heavy atom. The lowest BCUT2D eigenvalue weighted by atomic mass is 9.90. The van der Waals surface area contributed by atoms with Gasteiger partial charge < -0.3 is 10.4 Å². The summed E-state index contributed by atoms with van der Waals surface area (Å²) in [5, 5.41) is 13.0. The molecule has 1 amide bonds. The Hall–Kier alpha value is -2.28. The second kappa shape index (κ2) is 7.95. The monoisotopic (exact) mass is 357 g/mol. The molecule has 0 spiro atoms. The summed E-state index contributed by atoms with van der Waals surface area (Å²) in [7, 11) is 0. The van der Waals surface area contributed by atoms with Crippen LogP contribution < -0.4 is 16.2 Å². The van der Waals surface area contributed by atoms with Gasteiger partial charge in [0, 0.05) is 30.1 Å². The molecule has 1 unspecified atom stereocenters. The Kier molecular flexibility index (Phi) is 5.66. The molecule has 0 aromatic heterocycles. The van der Waals surface area contributed by atoms with Gasteiger partial charge in [-0.15, -0.1) is 0 Å². The van der Waals surface area contributed by atoms with Crippen LogP contribution in [0.4, 0.5) is 4.39 Å². The zero-order valence-corrected chi connectivity index (χ0v) is 14.9. The van der Waals surface area contributed by atoms with E-state index in [-0.39, 0.29) is 17.6 Å². The second-order valence-corrected chi connectivity index (χ2v) is 6.70. The third kappa shape index (κ3) is 3.93. The summed E-state index contributed by atoms with van der Waals surface area (Å²) in [4.78, 5) is 12.6. The molecule has 5 nitrogen and oxygen atoms in total. The van der Waals surface area contributed by atoms with Crippen molar-refractivity contribution in [2.75, 3.05) is 13.1 Å². The highest BCUT2D eigenvalue weighted by Crippen LogP contribution is 2.27. The summed E-state index contributed by atoms with van der Waals surface area (Å²) in [6, 6.07) is 11.3. The number of amides is 1. The second-order valence-electron chi connectivity index (χ2n) is 6.70. The van der Waals surface area contributed by atoms with Crippen molar-refractivity contribution in [2.45, 2.75) is 31.9 Å². The highest BCUT2D eigenvalue weighted by molar-refractivity contribution is 5.94. The van der Waals surface area contributed by atoms with Gasteiger partial charge in [-0.05, 0) is 43.2 Å². The summed E-state index contributed by atoms with van der Waals surface area (Å²) in [6.45, 7) is 4.99. The number of carbonyl (C=O) groups is 1. The molecular formula is C20H24FN3O2. The minimum Gasteiger partial charge on any atom is -0.389 e. The van der Waals surface area contributed by atoms with Gasteiger partial charge in [0.05, 0.1) is 12.1 Å². The maximum Gasteiger partial charge on any atom is 0.251 e. The first kappa shape index (κ1) is 18.5. The molecule has 26 heavy (non-hydrogen) atoms. The van der Waals surface area contributed by atoms with Gasteiger partial charge in [0.15, 0.2) is 0 Å². The number of carbonyl (C=O) groups excluding carboxylic acids is 1. The number of benzene rings is 2. The van der Waals surface area contributed by atoms with Crippen molar-refractivity contribution in [1.82, 2.24) is 16.2 Å². The van der Waals surface area contributed by atoms with Crippen LogP contribution >= 0.6 is 0 Å². The van der Waals surface area contributed by atoms with E-state index >= 15 is 0 Å². The molecule has 2 aromatic rings. The Morgan fingerprint density at radius 2 is 1.85 bits per heavy atom. The molecule has 138 valence electrons. The first-order chi connectivity index (χ1) is 12.5. The van der Waals surface area contributed by atoms with Crippen LogP contribution in [-0.4, -0.2) is 24.1 Å². The molecule has 0 saturated carbocycles. The number of aliphatic hydroxyl groups excluding tert-OH is 1. The van der Waals surface area contributed by atoms with E-state index in [1.54, 1.807) is 44.2 Å². The number of halogens is 1. The van der Waals surface area contributed by atoms with Crippen LogP contribution in [0.5, 0.6) is 0 Å². The van der Waals surface area contributed by atoms with Gasteiger partial charge in [0.25, 0.3) is 5.91 Å². The first-order valence-corrected chi connectivity index (χ1v) is 8.80. The topological polar surface area (TPSA) is 73.4 Å². The van der Waals surface area contributed by atoms with Crippen molar-refractivity contribution in [3.8, 4) is 0 Å². The Bertz CT molecular complexity index is 788. The van der Waals surface area contributed by atoms with E-state index in [1.165, 1.54) is 6.07 Å². The predicted octanol–water partition coefficient (Wildman–Crippen LogP) is 2.56. The summed E-state index contributed by atoms with van der Waals surface area (Å²) in [5.41, 5.74) is 8.81. The lowest BCUT2D eigenvalue weighted by Crippen LogP contribution is -2.27. The standard InChI is InChI=1S/C20H24FN3O2/c1-12(16-5-3-4-6-19(16)21)24-20(26)14-7-8-17(15-10-22-23-11-15)18(9-14)13(2)25/h3-9,12-13,15,22-23,25H,10-11H2,1-2H3,(H,24,26)/t12-,13?/m1/s1. The Morgan fingerprint density at radius 3 is 2.50 bits per heavy atom. The average Bonchev–Trinajstić information content (AvgIpc) is 3.15. The van der Waals surface area contributed by atoms with Crippen molar-refractivity contribution in [1.29, 1.82) is 0 Å². The van der Waals surface area contributed by atoms with Gasteiger partial charge in [-0.2, -0.15) is 0 Å². The molecule has 1 fully saturated rings. The molecule has 1 heterocycles. The van der Waals surface area contributed by atoms with Crippen molar-refractivity contribution >= 4 is 5.91 Å². The highest BCUT2D eigenvalue weighted by atomic mass is 19.1. The summed E-state index contributed by atoms with van der Waals surface area (Å²) >= 11 is 0. The van der Waals surface area contributed by atoms with Crippen LogP contribution in [-0.2, 0) is 0 Å². The van der Waals surface area contributed by atoms with E-state index in [0.717, 1.165) is 24.2 Å². The Balaban J connectivity index is 1.81. The van der Waals surface area contributed by atoms with Crippen LogP contribution in [0.25, 0.3) is 0 Å². The lowest BCUT2D eigenvalue weighted by Gasteiger charge is -2.19. The van der Waals surface area contributed by atoms with Crippen molar-refractivity contribution in [3.63, 3.8) is 0 Å². The largest absolute Gasteiger partial charge is 0.389 e. The maximum absolute atomic E-state index is 13.9. The van der Waals surface area contributed by atoms with Crippen LogP contribution in [0.2, 0.25) is 0 Å². The van der Waals surface area contributed by atoms with E-state index < -0.39 is 12.1 Å². The number of hydrazine groups is 1. The SMILES string of the molecule is CC(O)c1cc(C(=O)N[C@H](C)c2ccccc2F)ccc1C1CNNC1. The van der Waals surface area contributed by atoms with Crippen molar-refractivity contribution in [3.05, 3.63) is 70.5 Å². The molecule has 4 N–H and O–H groups in total. The van der Waals surface area contributed by atoms with Crippen LogP contribution in [0.15, 0.2) is 42.5 Å². The summed E-state index contributed by atoms with van der Waals surface area (Å²) in [5.74, 6) is -0.396. The van der Waals surface area contributed by atoms with Gasteiger partial charge in [-0.1, -0.05) is 24.3 Å². The maximum atomic E-state index is 13.9. The first-order valence-electron chi connectivity index (χ1n) is 8.80. The highest BCUT2D eigenvalue weighted by Gasteiger charge is 2.23. The van der Waals surface area contributed by atoms with Gasteiger partial charge in [0.1, 0.15) is 5.82 Å². The molecule has 1 saturated heterocycles. The van der Waals surface area contributed by atoms with Gasteiger partial charge >= 0.3 is 0 Å². The number of rotatable bonds is 5. The molecule has 2 atom stereocenters.